The predicted molar refractivity (Wildman–Crippen MR) is 97.3 cm³/mol. The fourth-order valence-corrected chi connectivity index (χ4v) is 3.56. The zero-order valence-electron chi connectivity index (χ0n) is 14.8. The molecule has 1 unspecified atom stereocenters. The number of rotatable bonds is 3. The molecule has 0 saturated carbocycles. The van der Waals surface area contributed by atoms with E-state index in [1.807, 2.05) is 42.5 Å². The lowest BCUT2D eigenvalue weighted by molar-refractivity contribution is -0.829. The summed E-state index contributed by atoms with van der Waals surface area (Å²) in [5.74, 6) is 1.17. The SMILES string of the molecule is COc1ccc([NH+]2c3ccccc3-c3cc[nH]c(=O)c3[C@H]2O)cc1OC.[Cl-]. The molecule has 140 valence electrons. The lowest BCUT2D eigenvalue weighted by Gasteiger charge is -2.31. The first-order chi connectivity index (χ1) is 12.7. The molecule has 4 rings (SSSR count). The van der Waals surface area contributed by atoms with E-state index in [0.717, 1.165) is 22.5 Å². The van der Waals surface area contributed by atoms with Gasteiger partial charge in [-0.25, -0.2) is 4.90 Å². The Bertz CT molecular complexity index is 1030. The number of aromatic amines is 1. The van der Waals surface area contributed by atoms with Crippen molar-refractivity contribution in [2.24, 2.45) is 0 Å². The predicted octanol–water partition coefficient (Wildman–Crippen LogP) is -1.08. The Balaban J connectivity index is 0.00000210. The molecular formula is C20H19ClN2O4. The quantitative estimate of drug-likeness (QED) is 0.535. The number of H-pyrrole nitrogens is 1. The van der Waals surface area contributed by atoms with Crippen LogP contribution in [0.5, 0.6) is 11.5 Å². The number of para-hydroxylation sites is 1. The fraction of sp³-hybridized carbons (Fsp3) is 0.150. The van der Waals surface area contributed by atoms with Gasteiger partial charge in [0.1, 0.15) is 16.9 Å². The van der Waals surface area contributed by atoms with Gasteiger partial charge in [0, 0.05) is 35.5 Å². The van der Waals surface area contributed by atoms with Gasteiger partial charge in [-0.1, -0.05) is 12.1 Å². The van der Waals surface area contributed by atoms with Crippen molar-refractivity contribution in [2.75, 3.05) is 14.2 Å². The van der Waals surface area contributed by atoms with Crippen LogP contribution in [0.25, 0.3) is 11.1 Å². The molecule has 0 spiro atoms. The molecule has 0 bridgehead atoms. The summed E-state index contributed by atoms with van der Waals surface area (Å²) in [6, 6.07) is 15.0. The van der Waals surface area contributed by atoms with E-state index in [-0.39, 0.29) is 18.0 Å². The summed E-state index contributed by atoms with van der Waals surface area (Å²) < 4.78 is 10.7. The van der Waals surface area contributed by atoms with Crippen LogP contribution in [0.3, 0.4) is 0 Å². The number of quaternary nitrogens is 1. The summed E-state index contributed by atoms with van der Waals surface area (Å²) in [6.07, 6.45) is 0.564. The van der Waals surface area contributed by atoms with Gasteiger partial charge in [0.2, 0.25) is 6.23 Å². The third-order valence-corrected chi connectivity index (χ3v) is 4.75. The molecule has 2 aromatic carbocycles. The molecular weight excluding hydrogens is 368 g/mol. The number of halogens is 1. The van der Waals surface area contributed by atoms with Crippen molar-refractivity contribution in [1.29, 1.82) is 0 Å². The first-order valence-electron chi connectivity index (χ1n) is 8.24. The summed E-state index contributed by atoms with van der Waals surface area (Å²) in [6.45, 7) is 0. The van der Waals surface area contributed by atoms with E-state index >= 15 is 0 Å². The number of aliphatic hydroxyl groups excluding tert-OH is 1. The molecule has 0 radical (unpaired) electrons. The number of aromatic nitrogens is 1. The number of nitrogens with one attached hydrogen (secondary N) is 2. The molecule has 6 nitrogen and oxygen atoms in total. The highest BCUT2D eigenvalue weighted by molar-refractivity contribution is 5.78. The van der Waals surface area contributed by atoms with E-state index in [4.69, 9.17) is 9.47 Å². The minimum atomic E-state index is -1.04. The number of fused-ring (bicyclic) bond motifs is 3. The summed E-state index contributed by atoms with van der Waals surface area (Å²) >= 11 is 0. The number of benzene rings is 2. The summed E-state index contributed by atoms with van der Waals surface area (Å²) in [4.78, 5) is 15.7. The molecule has 27 heavy (non-hydrogen) atoms. The van der Waals surface area contributed by atoms with Crippen LogP contribution >= 0.6 is 0 Å². The fourth-order valence-electron chi connectivity index (χ4n) is 3.56. The van der Waals surface area contributed by atoms with Crippen molar-refractivity contribution >= 4 is 11.4 Å². The molecule has 3 aromatic rings. The zero-order chi connectivity index (χ0) is 18.3. The Kier molecular flexibility index (Phi) is 5.23. The molecule has 1 aliphatic heterocycles. The van der Waals surface area contributed by atoms with Crippen LogP contribution in [-0.4, -0.2) is 24.3 Å². The summed E-state index contributed by atoms with van der Waals surface area (Å²) in [5.41, 5.74) is 3.41. The average molecular weight is 387 g/mol. The smallest absolute Gasteiger partial charge is 0.260 e. The second kappa shape index (κ2) is 7.44. The molecule has 0 saturated heterocycles. The van der Waals surface area contributed by atoms with E-state index < -0.39 is 6.23 Å². The Morgan fingerprint density at radius 2 is 1.74 bits per heavy atom. The van der Waals surface area contributed by atoms with Crippen LogP contribution in [0.1, 0.15) is 11.8 Å². The molecule has 0 fully saturated rings. The van der Waals surface area contributed by atoms with Crippen LogP contribution in [0.4, 0.5) is 11.4 Å². The molecule has 2 atom stereocenters. The molecule has 7 heteroatoms. The van der Waals surface area contributed by atoms with Crippen LogP contribution in [-0.2, 0) is 0 Å². The molecule has 2 heterocycles. The monoisotopic (exact) mass is 386 g/mol. The highest BCUT2D eigenvalue weighted by Crippen LogP contribution is 2.36. The number of hydrogen-bond acceptors (Lipinski definition) is 4. The summed E-state index contributed by atoms with van der Waals surface area (Å²) in [7, 11) is 3.14. The van der Waals surface area contributed by atoms with E-state index in [1.165, 1.54) is 0 Å². The number of aliphatic hydroxyl groups is 1. The first kappa shape index (κ1) is 19.0. The van der Waals surface area contributed by atoms with Crippen molar-refractivity contribution in [2.45, 2.75) is 6.23 Å². The highest BCUT2D eigenvalue weighted by Gasteiger charge is 2.38. The average Bonchev–Trinajstić information content (AvgIpc) is 2.68. The third kappa shape index (κ3) is 2.98. The van der Waals surface area contributed by atoms with Crippen LogP contribution < -0.4 is 32.3 Å². The second-order valence-electron chi connectivity index (χ2n) is 6.07. The van der Waals surface area contributed by atoms with Gasteiger partial charge < -0.3 is 32.0 Å². The third-order valence-electron chi connectivity index (χ3n) is 4.75. The zero-order valence-corrected chi connectivity index (χ0v) is 15.6. The molecule has 1 aromatic heterocycles. The van der Waals surface area contributed by atoms with Crippen LogP contribution in [0.2, 0.25) is 0 Å². The molecule has 3 N–H and O–H groups in total. The Hall–Kier alpha value is -2.80. The van der Waals surface area contributed by atoms with Crippen molar-refractivity contribution in [3.05, 3.63) is 70.6 Å². The van der Waals surface area contributed by atoms with Gasteiger partial charge >= 0.3 is 0 Å². The van der Waals surface area contributed by atoms with E-state index in [9.17, 15) is 9.90 Å². The minimum Gasteiger partial charge on any atom is -1.00 e. The van der Waals surface area contributed by atoms with Gasteiger partial charge in [0.05, 0.1) is 14.2 Å². The van der Waals surface area contributed by atoms with E-state index in [2.05, 4.69) is 4.98 Å². The van der Waals surface area contributed by atoms with Gasteiger partial charge in [0.15, 0.2) is 11.5 Å². The minimum absolute atomic E-state index is 0. The highest BCUT2D eigenvalue weighted by atomic mass is 35.5. The van der Waals surface area contributed by atoms with Crippen molar-refractivity contribution in [3.8, 4) is 22.6 Å². The number of ether oxygens (including phenoxy) is 2. The number of pyridine rings is 1. The molecule has 1 aliphatic rings. The maximum absolute atomic E-state index is 12.4. The Morgan fingerprint density at radius 3 is 2.48 bits per heavy atom. The molecule has 0 aliphatic carbocycles. The van der Waals surface area contributed by atoms with Crippen molar-refractivity contribution in [3.63, 3.8) is 0 Å². The van der Waals surface area contributed by atoms with Crippen molar-refractivity contribution in [1.82, 2.24) is 4.98 Å². The first-order valence-corrected chi connectivity index (χ1v) is 8.24. The van der Waals surface area contributed by atoms with Gasteiger partial charge in [-0.15, -0.1) is 0 Å². The number of methoxy groups -OCH3 is 2. The van der Waals surface area contributed by atoms with E-state index in [1.54, 1.807) is 26.5 Å². The molecule has 0 amide bonds. The topological polar surface area (TPSA) is 76.0 Å². The van der Waals surface area contributed by atoms with Gasteiger partial charge in [-0.3, -0.25) is 4.79 Å². The Morgan fingerprint density at radius 1 is 1.00 bits per heavy atom. The van der Waals surface area contributed by atoms with Crippen LogP contribution in [0, 0.1) is 0 Å². The standard InChI is InChI=1S/C20H18N2O4.ClH/c1-25-16-8-7-12(11-17(16)26-2)22-15-6-4-3-5-13(15)14-9-10-21-19(23)18(14)20(22)24;/h3-11,20,24H,1-2H3,(H,21,23);1H/t20-;/m1./s1. The lowest BCUT2D eigenvalue weighted by Crippen LogP contribution is -3.03. The van der Waals surface area contributed by atoms with Gasteiger partial charge in [-0.2, -0.15) is 0 Å². The Labute approximate surface area is 162 Å². The van der Waals surface area contributed by atoms with Gasteiger partial charge in [0.25, 0.3) is 5.56 Å². The van der Waals surface area contributed by atoms with Gasteiger partial charge in [-0.05, 0) is 18.2 Å². The second-order valence-corrected chi connectivity index (χ2v) is 6.07. The maximum atomic E-state index is 12.4. The maximum Gasteiger partial charge on any atom is 0.260 e. The van der Waals surface area contributed by atoms with E-state index in [0.29, 0.717) is 22.0 Å². The normalized spacial score (nSPS) is 17.3. The van der Waals surface area contributed by atoms with Crippen molar-refractivity contribution < 1.29 is 31.9 Å². The largest absolute Gasteiger partial charge is 1.00 e. The lowest BCUT2D eigenvalue weighted by atomic mass is 9.93. The summed E-state index contributed by atoms with van der Waals surface area (Å²) in [5, 5.41) is 11.1. The van der Waals surface area contributed by atoms with Crippen LogP contribution in [0.15, 0.2) is 59.5 Å². The number of hydrogen-bond donors (Lipinski definition) is 3.